The van der Waals surface area contributed by atoms with Gasteiger partial charge in [-0.25, -0.2) is 0 Å². The van der Waals surface area contributed by atoms with E-state index in [0.717, 1.165) is 38.0 Å². The third-order valence-corrected chi connectivity index (χ3v) is 4.73. The van der Waals surface area contributed by atoms with Crippen molar-refractivity contribution in [1.82, 2.24) is 9.80 Å². The molecule has 27 heavy (non-hydrogen) atoms. The molecule has 1 aromatic carbocycles. The van der Waals surface area contributed by atoms with Crippen LogP contribution in [0.15, 0.2) is 12.1 Å². The van der Waals surface area contributed by atoms with E-state index in [1.165, 1.54) is 0 Å². The maximum Gasteiger partial charge on any atom is 0.239 e. The van der Waals surface area contributed by atoms with Crippen LogP contribution in [-0.2, 0) is 11.3 Å². The Kier molecular flexibility index (Phi) is 9.69. The van der Waals surface area contributed by atoms with Crippen molar-refractivity contribution < 1.29 is 19.0 Å². The summed E-state index contributed by atoms with van der Waals surface area (Å²) in [7, 11) is 4.83. The first-order chi connectivity index (χ1) is 12.5. The number of hydrogen-bond donors (Lipinski definition) is 1. The third-order valence-electron chi connectivity index (χ3n) is 4.73. The van der Waals surface area contributed by atoms with E-state index in [0.29, 0.717) is 30.3 Å². The summed E-state index contributed by atoms with van der Waals surface area (Å²) in [6.45, 7) is 5.87. The van der Waals surface area contributed by atoms with Crippen molar-refractivity contribution in [2.24, 2.45) is 5.73 Å². The molecular formula is C19H32ClN3O4. The molecule has 1 amide bonds. The molecule has 1 atom stereocenters. The van der Waals surface area contributed by atoms with E-state index < -0.39 is 0 Å². The van der Waals surface area contributed by atoms with E-state index in [-0.39, 0.29) is 24.4 Å². The lowest BCUT2D eigenvalue weighted by Crippen LogP contribution is -2.52. The van der Waals surface area contributed by atoms with Gasteiger partial charge in [-0.3, -0.25) is 9.69 Å². The monoisotopic (exact) mass is 401 g/mol. The van der Waals surface area contributed by atoms with Gasteiger partial charge < -0.3 is 24.8 Å². The number of rotatable bonds is 8. The Balaban J connectivity index is 0.00000364. The predicted octanol–water partition coefficient (Wildman–Crippen LogP) is 1.91. The highest BCUT2D eigenvalue weighted by atomic mass is 35.5. The Labute approximate surface area is 168 Å². The number of nitrogens with zero attached hydrogens (tertiary/aromatic N) is 2. The minimum atomic E-state index is -0.373. The van der Waals surface area contributed by atoms with Crippen molar-refractivity contribution in [1.29, 1.82) is 0 Å². The summed E-state index contributed by atoms with van der Waals surface area (Å²) < 4.78 is 16.2. The van der Waals surface area contributed by atoms with Crippen LogP contribution in [0.3, 0.4) is 0 Å². The molecule has 0 bridgehead atoms. The molecule has 1 saturated heterocycles. The molecule has 1 unspecified atom stereocenters. The molecule has 0 saturated carbocycles. The van der Waals surface area contributed by atoms with Crippen LogP contribution in [0.25, 0.3) is 0 Å². The fourth-order valence-electron chi connectivity index (χ4n) is 3.28. The lowest BCUT2D eigenvalue weighted by molar-refractivity contribution is -0.134. The van der Waals surface area contributed by atoms with Gasteiger partial charge in [0.1, 0.15) is 0 Å². The van der Waals surface area contributed by atoms with E-state index in [2.05, 4.69) is 4.90 Å². The number of benzene rings is 1. The van der Waals surface area contributed by atoms with Gasteiger partial charge in [0, 0.05) is 32.7 Å². The van der Waals surface area contributed by atoms with Gasteiger partial charge in [0.25, 0.3) is 0 Å². The maximum absolute atomic E-state index is 12.3. The van der Waals surface area contributed by atoms with Crippen molar-refractivity contribution in [2.45, 2.75) is 32.4 Å². The van der Waals surface area contributed by atoms with Crippen LogP contribution in [0.4, 0.5) is 0 Å². The Bertz CT molecular complexity index is 582. The number of ether oxygens (including phenoxy) is 3. The highest BCUT2D eigenvalue weighted by Crippen LogP contribution is 2.38. The summed E-state index contributed by atoms with van der Waals surface area (Å²) >= 11 is 0. The van der Waals surface area contributed by atoms with E-state index in [1.807, 2.05) is 24.0 Å². The van der Waals surface area contributed by atoms with Crippen molar-refractivity contribution in [3.63, 3.8) is 0 Å². The van der Waals surface area contributed by atoms with Gasteiger partial charge in [-0.1, -0.05) is 13.3 Å². The molecule has 0 radical (unpaired) electrons. The van der Waals surface area contributed by atoms with Crippen LogP contribution in [-0.4, -0.2) is 69.3 Å². The van der Waals surface area contributed by atoms with Gasteiger partial charge in [-0.05, 0) is 24.1 Å². The summed E-state index contributed by atoms with van der Waals surface area (Å²) in [4.78, 5) is 16.5. The fraction of sp³-hybridized carbons (Fsp3) is 0.632. The zero-order chi connectivity index (χ0) is 19.1. The molecule has 1 aromatic rings. The summed E-state index contributed by atoms with van der Waals surface area (Å²) in [6.07, 6.45) is 1.67. The summed E-state index contributed by atoms with van der Waals surface area (Å²) in [5.41, 5.74) is 7.05. The number of methoxy groups -OCH3 is 3. The standard InChI is InChI=1S/C19H31N3O4.ClH/c1-5-6-15(20)19(23)22-9-7-21(8-10-22)13-14-11-16(24-2)18(26-4)17(12-14)25-3;/h11-12,15H,5-10,13,20H2,1-4H3;1H. The Morgan fingerprint density at radius 3 is 2.07 bits per heavy atom. The number of carbonyl (C=O) groups is 1. The van der Waals surface area contributed by atoms with Gasteiger partial charge in [-0.2, -0.15) is 0 Å². The van der Waals surface area contributed by atoms with Crippen molar-refractivity contribution >= 4 is 18.3 Å². The molecule has 0 aromatic heterocycles. The van der Waals surface area contributed by atoms with Crippen LogP contribution in [0, 0.1) is 0 Å². The Hall–Kier alpha value is -1.70. The molecule has 1 aliphatic heterocycles. The van der Waals surface area contributed by atoms with Crippen LogP contribution in [0.5, 0.6) is 17.2 Å². The van der Waals surface area contributed by atoms with E-state index in [4.69, 9.17) is 19.9 Å². The Morgan fingerprint density at radius 2 is 1.63 bits per heavy atom. The third kappa shape index (κ3) is 5.89. The zero-order valence-corrected chi connectivity index (χ0v) is 17.5. The lowest BCUT2D eigenvalue weighted by atomic mass is 10.1. The summed E-state index contributed by atoms with van der Waals surface area (Å²) in [5, 5.41) is 0. The van der Waals surface area contributed by atoms with Crippen LogP contribution in [0.2, 0.25) is 0 Å². The van der Waals surface area contributed by atoms with Gasteiger partial charge in [0.2, 0.25) is 11.7 Å². The predicted molar refractivity (Wildman–Crippen MR) is 108 cm³/mol. The second kappa shape index (κ2) is 11.2. The molecular weight excluding hydrogens is 370 g/mol. The van der Waals surface area contributed by atoms with Gasteiger partial charge in [0.05, 0.1) is 27.4 Å². The summed E-state index contributed by atoms with van der Waals surface area (Å²) in [6, 6.07) is 3.56. The average Bonchev–Trinajstić information content (AvgIpc) is 2.67. The van der Waals surface area contributed by atoms with Gasteiger partial charge >= 0.3 is 0 Å². The minimum Gasteiger partial charge on any atom is -0.493 e. The second-order valence-corrected chi connectivity index (χ2v) is 6.53. The molecule has 1 aliphatic rings. The molecule has 0 spiro atoms. The quantitative estimate of drug-likeness (QED) is 0.717. The molecule has 1 fully saturated rings. The highest BCUT2D eigenvalue weighted by molar-refractivity contribution is 5.85. The SMILES string of the molecule is CCCC(N)C(=O)N1CCN(Cc2cc(OC)c(OC)c(OC)c2)CC1.Cl. The maximum atomic E-state index is 12.3. The van der Waals surface area contributed by atoms with E-state index >= 15 is 0 Å². The molecule has 8 heteroatoms. The second-order valence-electron chi connectivity index (χ2n) is 6.53. The molecule has 2 rings (SSSR count). The topological polar surface area (TPSA) is 77.3 Å². The van der Waals surface area contributed by atoms with Gasteiger partial charge in [0.15, 0.2) is 11.5 Å². The Morgan fingerprint density at radius 1 is 1.07 bits per heavy atom. The molecule has 2 N–H and O–H groups in total. The smallest absolute Gasteiger partial charge is 0.239 e. The molecule has 1 heterocycles. The first kappa shape index (κ1) is 23.3. The first-order valence-corrected chi connectivity index (χ1v) is 9.09. The number of halogens is 1. The van der Waals surface area contributed by atoms with Crippen LogP contribution >= 0.6 is 12.4 Å². The van der Waals surface area contributed by atoms with Crippen molar-refractivity contribution in [2.75, 3.05) is 47.5 Å². The molecule has 7 nitrogen and oxygen atoms in total. The number of piperazine rings is 1. The number of hydrogen-bond acceptors (Lipinski definition) is 6. The number of carbonyl (C=O) groups excluding carboxylic acids is 1. The number of amides is 1. The normalized spacial score (nSPS) is 15.7. The highest BCUT2D eigenvalue weighted by Gasteiger charge is 2.25. The zero-order valence-electron chi connectivity index (χ0n) is 16.7. The largest absolute Gasteiger partial charge is 0.493 e. The lowest BCUT2D eigenvalue weighted by Gasteiger charge is -2.36. The van der Waals surface area contributed by atoms with Crippen LogP contribution < -0.4 is 19.9 Å². The fourth-order valence-corrected chi connectivity index (χ4v) is 3.28. The number of nitrogens with two attached hydrogens (primary N) is 1. The van der Waals surface area contributed by atoms with E-state index in [1.54, 1.807) is 21.3 Å². The van der Waals surface area contributed by atoms with Gasteiger partial charge in [-0.15, -0.1) is 12.4 Å². The first-order valence-electron chi connectivity index (χ1n) is 9.09. The van der Waals surface area contributed by atoms with E-state index in [9.17, 15) is 4.79 Å². The average molecular weight is 402 g/mol. The minimum absolute atomic E-state index is 0. The van der Waals surface area contributed by atoms with Crippen molar-refractivity contribution in [3.8, 4) is 17.2 Å². The molecule has 0 aliphatic carbocycles. The summed E-state index contributed by atoms with van der Waals surface area (Å²) in [5.74, 6) is 1.97. The van der Waals surface area contributed by atoms with Crippen LogP contribution in [0.1, 0.15) is 25.3 Å². The molecule has 154 valence electrons. The van der Waals surface area contributed by atoms with Crippen molar-refractivity contribution in [3.05, 3.63) is 17.7 Å².